The van der Waals surface area contributed by atoms with Crippen LogP contribution >= 0.6 is 0 Å². The monoisotopic (exact) mass is 389 g/mol. The number of carbonyl (C=O) groups is 2. The van der Waals surface area contributed by atoms with Gasteiger partial charge in [-0.05, 0) is 36.2 Å². The molecule has 1 amide bonds. The van der Waals surface area contributed by atoms with Gasteiger partial charge < -0.3 is 15.4 Å². The number of rotatable bonds is 10. The maximum atomic E-state index is 12.8. The van der Waals surface area contributed by atoms with E-state index >= 15 is 0 Å². The van der Waals surface area contributed by atoms with Crippen molar-refractivity contribution < 1.29 is 23.6 Å². The van der Waals surface area contributed by atoms with Gasteiger partial charge >= 0.3 is 5.97 Å². The third-order valence-corrected chi connectivity index (χ3v) is 3.75. The van der Waals surface area contributed by atoms with Gasteiger partial charge in [0, 0.05) is 37.3 Å². The number of nitro benzene ring substituents is 1. The lowest BCUT2D eigenvalue weighted by atomic mass is 10.1. The van der Waals surface area contributed by atoms with Crippen molar-refractivity contribution in [2.75, 3.05) is 25.0 Å². The van der Waals surface area contributed by atoms with E-state index in [1.165, 1.54) is 24.3 Å². The number of nitrogens with zero attached hydrogens (tertiary/aromatic N) is 1. The van der Waals surface area contributed by atoms with Crippen LogP contribution < -0.4 is 10.6 Å². The predicted octanol–water partition coefficient (Wildman–Crippen LogP) is 2.44. The molecule has 0 saturated heterocycles. The van der Waals surface area contributed by atoms with Crippen LogP contribution in [0.4, 0.5) is 15.8 Å². The van der Waals surface area contributed by atoms with E-state index in [2.05, 4.69) is 10.6 Å². The second-order valence-corrected chi connectivity index (χ2v) is 5.87. The first-order chi connectivity index (χ1) is 13.4. The third-order valence-electron chi connectivity index (χ3n) is 3.75. The number of halogens is 1. The van der Waals surface area contributed by atoms with Gasteiger partial charge in [0.15, 0.2) is 6.61 Å². The van der Waals surface area contributed by atoms with E-state index in [9.17, 15) is 24.1 Å². The SMILES string of the molecule is O=C(COC(=O)CCc1ccc(F)cc1)NCCNc1ccc([N+](=O)[O-])cc1. The largest absolute Gasteiger partial charge is 0.456 e. The Labute approximate surface area is 160 Å². The van der Waals surface area contributed by atoms with Gasteiger partial charge in [-0.25, -0.2) is 4.39 Å². The highest BCUT2D eigenvalue weighted by Crippen LogP contribution is 2.14. The molecule has 0 atom stereocenters. The molecule has 0 bridgehead atoms. The molecule has 2 aromatic carbocycles. The molecular weight excluding hydrogens is 369 g/mol. The molecule has 2 N–H and O–H groups in total. The van der Waals surface area contributed by atoms with Gasteiger partial charge in [0.1, 0.15) is 5.82 Å². The number of nitro groups is 1. The first-order valence-corrected chi connectivity index (χ1v) is 8.59. The zero-order chi connectivity index (χ0) is 20.4. The molecule has 0 aliphatic rings. The Kier molecular flexibility index (Phi) is 7.89. The highest BCUT2D eigenvalue weighted by molar-refractivity contribution is 5.80. The van der Waals surface area contributed by atoms with Crippen LogP contribution in [-0.2, 0) is 20.7 Å². The molecule has 148 valence electrons. The van der Waals surface area contributed by atoms with Crippen LogP contribution in [0.15, 0.2) is 48.5 Å². The normalized spacial score (nSPS) is 10.2. The number of hydrogen-bond acceptors (Lipinski definition) is 6. The number of non-ortho nitro benzene ring substituents is 1. The fourth-order valence-corrected chi connectivity index (χ4v) is 2.28. The van der Waals surface area contributed by atoms with Crippen molar-refractivity contribution in [2.24, 2.45) is 0 Å². The zero-order valence-corrected chi connectivity index (χ0v) is 15.0. The van der Waals surface area contributed by atoms with Crippen molar-refractivity contribution in [3.63, 3.8) is 0 Å². The van der Waals surface area contributed by atoms with Crippen molar-refractivity contribution >= 4 is 23.3 Å². The van der Waals surface area contributed by atoms with E-state index in [1.807, 2.05) is 0 Å². The molecule has 0 radical (unpaired) electrons. The summed E-state index contributed by atoms with van der Waals surface area (Å²) in [5.74, 6) is -1.28. The number of carbonyl (C=O) groups excluding carboxylic acids is 2. The lowest BCUT2D eigenvalue weighted by Crippen LogP contribution is -2.32. The van der Waals surface area contributed by atoms with Gasteiger partial charge in [-0.1, -0.05) is 12.1 Å². The summed E-state index contributed by atoms with van der Waals surface area (Å²) in [6.45, 7) is 0.324. The summed E-state index contributed by atoms with van der Waals surface area (Å²) < 4.78 is 17.7. The van der Waals surface area contributed by atoms with Crippen LogP contribution in [0, 0.1) is 15.9 Å². The van der Waals surface area contributed by atoms with Crippen LogP contribution in [0.2, 0.25) is 0 Å². The Morgan fingerprint density at radius 1 is 1.04 bits per heavy atom. The van der Waals surface area contributed by atoms with Crippen molar-refractivity contribution in [3.8, 4) is 0 Å². The van der Waals surface area contributed by atoms with E-state index < -0.39 is 16.8 Å². The molecule has 0 fully saturated rings. The number of esters is 1. The minimum absolute atomic E-state index is 0.0000896. The highest BCUT2D eigenvalue weighted by Gasteiger charge is 2.08. The van der Waals surface area contributed by atoms with E-state index in [-0.39, 0.29) is 24.5 Å². The lowest BCUT2D eigenvalue weighted by Gasteiger charge is -2.08. The smallest absolute Gasteiger partial charge is 0.306 e. The molecular formula is C19H20FN3O5. The number of anilines is 1. The fourth-order valence-electron chi connectivity index (χ4n) is 2.28. The predicted molar refractivity (Wildman–Crippen MR) is 100 cm³/mol. The molecule has 2 aromatic rings. The molecule has 0 aliphatic carbocycles. The topological polar surface area (TPSA) is 111 Å². The molecule has 2 rings (SSSR count). The number of nitrogens with one attached hydrogen (secondary N) is 2. The quantitative estimate of drug-likeness (QED) is 0.279. The maximum Gasteiger partial charge on any atom is 0.306 e. The summed E-state index contributed by atoms with van der Waals surface area (Å²) in [5, 5.41) is 16.2. The van der Waals surface area contributed by atoms with Crippen LogP contribution in [0.3, 0.4) is 0 Å². The van der Waals surface area contributed by atoms with E-state index in [1.54, 1.807) is 24.3 Å². The van der Waals surface area contributed by atoms with Crippen molar-refractivity contribution in [3.05, 3.63) is 70.0 Å². The van der Waals surface area contributed by atoms with Gasteiger partial charge in [0.25, 0.3) is 11.6 Å². The minimum Gasteiger partial charge on any atom is -0.456 e. The van der Waals surface area contributed by atoms with E-state index in [4.69, 9.17) is 4.74 Å². The average Bonchev–Trinajstić information content (AvgIpc) is 2.69. The number of amides is 1. The number of hydrogen-bond donors (Lipinski definition) is 2. The van der Waals surface area contributed by atoms with Gasteiger partial charge in [0.2, 0.25) is 0 Å². The summed E-state index contributed by atoms with van der Waals surface area (Å²) in [6, 6.07) is 11.7. The third kappa shape index (κ3) is 7.40. The van der Waals surface area contributed by atoms with Crippen molar-refractivity contribution in [1.29, 1.82) is 0 Å². The first-order valence-electron chi connectivity index (χ1n) is 8.59. The summed E-state index contributed by atoms with van der Waals surface area (Å²) >= 11 is 0. The number of benzene rings is 2. The average molecular weight is 389 g/mol. The second kappa shape index (κ2) is 10.6. The van der Waals surface area contributed by atoms with E-state index in [0.29, 0.717) is 25.2 Å². The van der Waals surface area contributed by atoms with Crippen LogP contribution in [0.1, 0.15) is 12.0 Å². The highest BCUT2D eigenvalue weighted by atomic mass is 19.1. The second-order valence-electron chi connectivity index (χ2n) is 5.87. The Morgan fingerprint density at radius 3 is 2.36 bits per heavy atom. The fraction of sp³-hybridized carbons (Fsp3) is 0.263. The van der Waals surface area contributed by atoms with Gasteiger partial charge in [-0.15, -0.1) is 0 Å². The summed E-state index contributed by atoms with van der Waals surface area (Å²) in [6.07, 6.45) is 0.500. The van der Waals surface area contributed by atoms with Crippen LogP contribution in [0.5, 0.6) is 0 Å². The summed E-state index contributed by atoms with van der Waals surface area (Å²) in [4.78, 5) is 33.4. The van der Waals surface area contributed by atoms with Crippen molar-refractivity contribution in [1.82, 2.24) is 5.32 Å². The molecule has 0 saturated carbocycles. The molecule has 0 unspecified atom stereocenters. The standard InChI is InChI=1S/C19H20FN3O5/c20-15-4-1-14(2-5-15)3-10-19(25)28-13-18(24)22-12-11-21-16-6-8-17(9-7-16)23(26)27/h1-2,4-9,21H,3,10-13H2,(H,22,24). The van der Waals surface area contributed by atoms with Crippen molar-refractivity contribution in [2.45, 2.75) is 12.8 Å². The van der Waals surface area contributed by atoms with Gasteiger partial charge in [0.05, 0.1) is 4.92 Å². The molecule has 0 aromatic heterocycles. The zero-order valence-electron chi connectivity index (χ0n) is 15.0. The molecule has 9 heteroatoms. The molecule has 0 aliphatic heterocycles. The Balaban J connectivity index is 1.57. The van der Waals surface area contributed by atoms with Crippen LogP contribution in [-0.4, -0.2) is 36.5 Å². The van der Waals surface area contributed by atoms with Gasteiger partial charge in [-0.3, -0.25) is 19.7 Å². The Morgan fingerprint density at radius 2 is 1.71 bits per heavy atom. The molecule has 0 heterocycles. The van der Waals surface area contributed by atoms with Gasteiger partial charge in [-0.2, -0.15) is 0 Å². The first kappa shape index (κ1) is 20.8. The molecule has 0 spiro atoms. The van der Waals surface area contributed by atoms with Crippen LogP contribution in [0.25, 0.3) is 0 Å². The Bertz CT molecular complexity index is 809. The molecule has 28 heavy (non-hydrogen) atoms. The summed E-state index contributed by atoms with van der Waals surface area (Å²) in [7, 11) is 0. The summed E-state index contributed by atoms with van der Waals surface area (Å²) in [5.41, 5.74) is 1.49. The molecule has 8 nitrogen and oxygen atoms in total. The van der Waals surface area contributed by atoms with E-state index in [0.717, 1.165) is 5.56 Å². The number of aryl methyl sites for hydroxylation is 1. The minimum atomic E-state index is -0.511. The lowest BCUT2D eigenvalue weighted by molar-refractivity contribution is -0.384. The Hall–Kier alpha value is -3.49. The number of ether oxygens (including phenoxy) is 1. The maximum absolute atomic E-state index is 12.8.